The normalized spacial score (nSPS) is 11.8. The number of hydrogen-bond donors (Lipinski definition) is 2. The number of amides is 2. The van der Waals surface area contributed by atoms with E-state index in [1.165, 1.54) is 13.3 Å². The predicted molar refractivity (Wildman–Crippen MR) is 122 cm³/mol. The van der Waals surface area contributed by atoms with Crippen LogP contribution in [0.25, 0.3) is 0 Å². The summed E-state index contributed by atoms with van der Waals surface area (Å²) >= 11 is 5.86. The SMILES string of the molecule is C=CCOc1c(C=NNC(=O)C(NC(=O)c2ccc(Cl)cc2)C(C)C)cccc1OC. The molecule has 0 aromatic heterocycles. The summed E-state index contributed by atoms with van der Waals surface area (Å²) < 4.78 is 11.0. The molecule has 0 radical (unpaired) electrons. The molecule has 2 aromatic rings. The van der Waals surface area contributed by atoms with Gasteiger partial charge in [0.05, 0.1) is 13.3 Å². The van der Waals surface area contributed by atoms with E-state index in [0.29, 0.717) is 34.3 Å². The Morgan fingerprint density at radius 3 is 2.52 bits per heavy atom. The number of halogens is 1. The number of ether oxygens (including phenoxy) is 2. The summed E-state index contributed by atoms with van der Waals surface area (Å²) in [4.78, 5) is 25.1. The molecule has 0 aliphatic carbocycles. The van der Waals surface area contributed by atoms with Gasteiger partial charge in [-0.1, -0.05) is 44.2 Å². The molecule has 8 heteroatoms. The highest BCUT2D eigenvalue weighted by Gasteiger charge is 2.24. The van der Waals surface area contributed by atoms with Gasteiger partial charge in [-0.15, -0.1) is 0 Å². The van der Waals surface area contributed by atoms with E-state index in [2.05, 4.69) is 22.4 Å². The Kier molecular flexibility index (Phi) is 9.09. The zero-order valence-electron chi connectivity index (χ0n) is 17.7. The van der Waals surface area contributed by atoms with Crippen molar-refractivity contribution in [3.63, 3.8) is 0 Å². The number of methoxy groups -OCH3 is 1. The van der Waals surface area contributed by atoms with Crippen LogP contribution in [0, 0.1) is 5.92 Å². The summed E-state index contributed by atoms with van der Waals surface area (Å²) in [5, 5.41) is 7.29. The molecule has 0 aliphatic rings. The van der Waals surface area contributed by atoms with Crippen LogP contribution in [0.3, 0.4) is 0 Å². The number of nitrogens with zero attached hydrogens (tertiary/aromatic N) is 1. The molecule has 0 saturated heterocycles. The molecule has 0 aliphatic heterocycles. The van der Waals surface area contributed by atoms with E-state index in [0.717, 1.165) is 0 Å². The van der Waals surface area contributed by atoms with Crippen LogP contribution in [0.15, 0.2) is 60.2 Å². The van der Waals surface area contributed by atoms with Crippen LogP contribution in [-0.4, -0.2) is 37.8 Å². The molecule has 164 valence electrons. The van der Waals surface area contributed by atoms with Gasteiger partial charge in [0.1, 0.15) is 12.6 Å². The van der Waals surface area contributed by atoms with Crippen LogP contribution in [0.2, 0.25) is 5.02 Å². The second-order valence-electron chi connectivity index (χ2n) is 6.91. The third kappa shape index (κ3) is 6.86. The second kappa shape index (κ2) is 11.8. The molecule has 0 bridgehead atoms. The molecule has 0 saturated carbocycles. The molecule has 2 N–H and O–H groups in total. The van der Waals surface area contributed by atoms with Crippen molar-refractivity contribution >= 4 is 29.6 Å². The largest absolute Gasteiger partial charge is 0.493 e. The van der Waals surface area contributed by atoms with E-state index >= 15 is 0 Å². The van der Waals surface area contributed by atoms with Crippen molar-refractivity contribution in [3.05, 3.63) is 71.3 Å². The van der Waals surface area contributed by atoms with Gasteiger partial charge in [-0.25, -0.2) is 5.43 Å². The van der Waals surface area contributed by atoms with Crippen LogP contribution in [0.1, 0.15) is 29.8 Å². The fraction of sp³-hybridized carbons (Fsp3) is 0.261. The Balaban J connectivity index is 2.09. The number of carbonyl (C=O) groups excluding carboxylic acids is 2. The zero-order chi connectivity index (χ0) is 22.8. The first-order valence-electron chi connectivity index (χ1n) is 9.67. The molecule has 2 amide bonds. The maximum atomic E-state index is 12.6. The number of benzene rings is 2. The van der Waals surface area contributed by atoms with E-state index in [9.17, 15) is 9.59 Å². The molecule has 0 spiro atoms. The minimum Gasteiger partial charge on any atom is -0.493 e. The lowest BCUT2D eigenvalue weighted by Crippen LogP contribution is -2.48. The predicted octanol–water partition coefficient (Wildman–Crippen LogP) is 3.82. The summed E-state index contributed by atoms with van der Waals surface area (Å²) in [6, 6.07) is 11.0. The van der Waals surface area contributed by atoms with Crippen LogP contribution >= 0.6 is 11.6 Å². The van der Waals surface area contributed by atoms with Crippen molar-refractivity contribution < 1.29 is 19.1 Å². The highest BCUT2D eigenvalue weighted by Crippen LogP contribution is 2.30. The van der Waals surface area contributed by atoms with Gasteiger partial charge in [-0.2, -0.15) is 5.10 Å². The van der Waals surface area contributed by atoms with E-state index in [-0.39, 0.29) is 11.8 Å². The third-order valence-electron chi connectivity index (χ3n) is 4.30. The molecule has 1 atom stereocenters. The number of hydrogen-bond acceptors (Lipinski definition) is 5. The molecular weight excluding hydrogens is 418 g/mol. The summed E-state index contributed by atoms with van der Waals surface area (Å²) in [6.07, 6.45) is 3.07. The Morgan fingerprint density at radius 2 is 1.90 bits per heavy atom. The molecule has 2 rings (SSSR count). The Morgan fingerprint density at radius 1 is 1.19 bits per heavy atom. The van der Waals surface area contributed by atoms with Gasteiger partial charge in [0.15, 0.2) is 11.5 Å². The average Bonchev–Trinajstić information content (AvgIpc) is 2.76. The number of carbonyl (C=O) groups is 2. The van der Waals surface area contributed by atoms with Crippen molar-refractivity contribution in [3.8, 4) is 11.5 Å². The van der Waals surface area contributed by atoms with E-state index in [4.69, 9.17) is 21.1 Å². The van der Waals surface area contributed by atoms with Gasteiger partial charge in [0.2, 0.25) is 0 Å². The Bertz CT molecular complexity index is 942. The smallest absolute Gasteiger partial charge is 0.262 e. The zero-order valence-corrected chi connectivity index (χ0v) is 18.5. The molecule has 7 nitrogen and oxygen atoms in total. The molecule has 1 unspecified atom stereocenters. The first-order valence-corrected chi connectivity index (χ1v) is 10.0. The lowest BCUT2D eigenvalue weighted by molar-refractivity contribution is -0.123. The molecule has 0 heterocycles. The monoisotopic (exact) mass is 443 g/mol. The van der Waals surface area contributed by atoms with Crippen molar-refractivity contribution in [2.75, 3.05) is 13.7 Å². The third-order valence-corrected chi connectivity index (χ3v) is 4.55. The maximum Gasteiger partial charge on any atom is 0.262 e. The van der Waals surface area contributed by atoms with Crippen LogP contribution < -0.4 is 20.2 Å². The Hall–Kier alpha value is -3.32. The first-order chi connectivity index (χ1) is 14.9. The van der Waals surface area contributed by atoms with Crippen LogP contribution in [-0.2, 0) is 4.79 Å². The van der Waals surface area contributed by atoms with E-state index < -0.39 is 11.9 Å². The van der Waals surface area contributed by atoms with Crippen molar-refractivity contribution in [2.45, 2.75) is 19.9 Å². The fourth-order valence-electron chi connectivity index (χ4n) is 2.69. The number of hydrazone groups is 1. The standard InChI is InChI=1S/C23H26ClN3O4/c1-5-13-31-21-17(7-6-8-19(21)30-4)14-25-27-23(29)20(15(2)3)26-22(28)16-9-11-18(24)12-10-16/h5-12,14-15,20H,1,13H2,2-4H3,(H,26,28)(H,27,29). The van der Waals surface area contributed by atoms with Gasteiger partial charge >= 0.3 is 0 Å². The number of nitrogens with one attached hydrogen (secondary N) is 2. The quantitative estimate of drug-likeness (QED) is 0.332. The molecule has 2 aromatic carbocycles. The van der Waals surface area contributed by atoms with Crippen LogP contribution in [0.4, 0.5) is 0 Å². The minimum absolute atomic E-state index is 0.158. The van der Waals surface area contributed by atoms with E-state index in [1.807, 2.05) is 13.8 Å². The van der Waals surface area contributed by atoms with Gasteiger partial charge in [0.25, 0.3) is 11.8 Å². The second-order valence-corrected chi connectivity index (χ2v) is 7.35. The highest BCUT2D eigenvalue weighted by molar-refractivity contribution is 6.30. The van der Waals surface area contributed by atoms with Crippen molar-refractivity contribution in [2.24, 2.45) is 11.0 Å². The minimum atomic E-state index is -0.776. The summed E-state index contributed by atoms with van der Waals surface area (Å²) in [7, 11) is 1.54. The molecular formula is C23H26ClN3O4. The van der Waals surface area contributed by atoms with Crippen LogP contribution in [0.5, 0.6) is 11.5 Å². The average molecular weight is 444 g/mol. The first kappa shape index (κ1) is 24.0. The Labute approximate surface area is 187 Å². The lowest BCUT2D eigenvalue weighted by Gasteiger charge is -2.20. The molecule has 31 heavy (non-hydrogen) atoms. The summed E-state index contributed by atoms with van der Waals surface area (Å²) in [5.41, 5.74) is 3.50. The van der Waals surface area contributed by atoms with Crippen molar-refractivity contribution in [1.82, 2.24) is 10.7 Å². The van der Waals surface area contributed by atoms with Crippen molar-refractivity contribution in [1.29, 1.82) is 0 Å². The number of para-hydroxylation sites is 1. The van der Waals surface area contributed by atoms with E-state index in [1.54, 1.807) is 48.5 Å². The summed E-state index contributed by atoms with van der Waals surface area (Å²) in [5.74, 6) is 0.0499. The fourth-order valence-corrected chi connectivity index (χ4v) is 2.81. The van der Waals surface area contributed by atoms with Gasteiger partial charge < -0.3 is 14.8 Å². The summed E-state index contributed by atoms with van der Waals surface area (Å²) in [6.45, 7) is 7.59. The maximum absolute atomic E-state index is 12.6. The number of rotatable bonds is 10. The lowest BCUT2D eigenvalue weighted by atomic mass is 10.0. The van der Waals surface area contributed by atoms with Gasteiger partial charge in [-0.3, -0.25) is 9.59 Å². The highest BCUT2D eigenvalue weighted by atomic mass is 35.5. The van der Waals surface area contributed by atoms with Gasteiger partial charge in [-0.05, 0) is 42.3 Å². The van der Waals surface area contributed by atoms with Gasteiger partial charge in [0, 0.05) is 16.1 Å². The molecule has 0 fully saturated rings. The topological polar surface area (TPSA) is 89.0 Å².